The summed E-state index contributed by atoms with van der Waals surface area (Å²) in [4.78, 5) is 54.4. The fraction of sp³-hybridized carbons (Fsp3) is 0.226. The number of rotatable bonds is 11. The molecule has 3 aromatic rings. The SMILES string of the molecule is CCOC(=O)CC1(O)C(=O)C(C(=O)c2ccc(OC)cc2)=C(c2ccc(OC)cc2)N1c1ccc(OC)cc1C(=O)O. The van der Waals surface area contributed by atoms with Crippen molar-refractivity contribution in [3.63, 3.8) is 0 Å². The van der Waals surface area contributed by atoms with Crippen molar-refractivity contribution >= 4 is 34.9 Å². The zero-order valence-electron chi connectivity index (χ0n) is 23.4. The van der Waals surface area contributed by atoms with Crippen LogP contribution in [0.3, 0.4) is 0 Å². The maximum atomic E-state index is 14.2. The number of carboxylic acid groups (broad SMARTS) is 1. The van der Waals surface area contributed by atoms with Crippen molar-refractivity contribution < 1.29 is 48.3 Å². The molecule has 0 bridgehead atoms. The number of ketones is 2. The second-order valence-corrected chi connectivity index (χ2v) is 9.16. The number of methoxy groups -OCH3 is 3. The van der Waals surface area contributed by atoms with Gasteiger partial charge in [-0.15, -0.1) is 0 Å². The molecule has 42 heavy (non-hydrogen) atoms. The Bertz CT molecular complexity index is 1560. The van der Waals surface area contributed by atoms with E-state index in [1.54, 1.807) is 31.2 Å². The van der Waals surface area contributed by atoms with Crippen LogP contribution >= 0.6 is 0 Å². The quantitative estimate of drug-likeness (QED) is 0.196. The van der Waals surface area contributed by atoms with Gasteiger partial charge in [0, 0.05) is 5.56 Å². The zero-order valence-corrected chi connectivity index (χ0v) is 23.4. The summed E-state index contributed by atoms with van der Waals surface area (Å²) >= 11 is 0. The highest BCUT2D eigenvalue weighted by Gasteiger charge is 2.56. The van der Waals surface area contributed by atoms with Gasteiger partial charge in [0.2, 0.25) is 11.5 Å². The van der Waals surface area contributed by atoms with Crippen LogP contribution in [0.25, 0.3) is 5.70 Å². The molecule has 1 atom stereocenters. The minimum absolute atomic E-state index is 0.0393. The normalized spacial score (nSPS) is 16.3. The van der Waals surface area contributed by atoms with Gasteiger partial charge < -0.3 is 34.1 Å². The number of esters is 1. The lowest BCUT2D eigenvalue weighted by atomic mass is 9.93. The molecule has 0 aromatic heterocycles. The van der Waals surface area contributed by atoms with E-state index in [1.165, 1.54) is 63.8 Å². The van der Waals surface area contributed by atoms with Crippen molar-refractivity contribution in [3.05, 3.63) is 89.0 Å². The van der Waals surface area contributed by atoms with Crippen LogP contribution in [0.2, 0.25) is 0 Å². The lowest BCUT2D eigenvalue weighted by Gasteiger charge is -2.36. The summed E-state index contributed by atoms with van der Waals surface area (Å²) in [6, 6.07) is 16.2. The molecule has 4 rings (SSSR count). The number of aliphatic hydroxyl groups is 1. The van der Waals surface area contributed by atoms with Gasteiger partial charge >= 0.3 is 11.9 Å². The first-order valence-corrected chi connectivity index (χ1v) is 12.8. The number of hydrogen-bond acceptors (Lipinski definition) is 10. The van der Waals surface area contributed by atoms with Crippen LogP contribution in [0.1, 0.15) is 39.6 Å². The van der Waals surface area contributed by atoms with Crippen LogP contribution in [-0.2, 0) is 14.3 Å². The highest BCUT2D eigenvalue weighted by atomic mass is 16.5. The summed E-state index contributed by atoms with van der Waals surface area (Å²) in [5.74, 6) is -3.07. The molecule has 1 aliphatic heterocycles. The molecule has 218 valence electrons. The lowest BCUT2D eigenvalue weighted by molar-refractivity contribution is -0.152. The Morgan fingerprint density at radius 1 is 0.833 bits per heavy atom. The van der Waals surface area contributed by atoms with E-state index in [0.29, 0.717) is 11.5 Å². The summed E-state index contributed by atoms with van der Waals surface area (Å²) in [6.45, 7) is 1.52. The average Bonchev–Trinajstić information content (AvgIpc) is 3.22. The summed E-state index contributed by atoms with van der Waals surface area (Å²) in [5.41, 5.74) is -3.43. The number of carbonyl (C=O) groups excluding carboxylic acids is 3. The van der Waals surface area contributed by atoms with Gasteiger partial charge in [-0.1, -0.05) is 0 Å². The third-order valence-corrected chi connectivity index (χ3v) is 6.73. The van der Waals surface area contributed by atoms with Crippen molar-refractivity contribution in [2.45, 2.75) is 19.1 Å². The Morgan fingerprint density at radius 3 is 1.90 bits per heavy atom. The number of benzene rings is 3. The number of Topliss-reactive ketones (excluding diaryl/α,β-unsaturated/α-hetero) is 2. The van der Waals surface area contributed by atoms with E-state index < -0.39 is 41.2 Å². The van der Waals surface area contributed by atoms with E-state index >= 15 is 0 Å². The van der Waals surface area contributed by atoms with Gasteiger partial charge in [0.15, 0.2) is 5.78 Å². The standard InChI is InChI=1S/C31H29NO10/c1-5-42-25(33)17-31(38)29(35)26(28(34)19-8-12-21(40-3)13-9-19)27(18-6-10-20(39-2)11-7-18)32(31)24-15-14-22(41-4)16-23(24)30(36)37/h6-16,38H,5,17H2,1-4H3,(H,36,37). The minimum atomic E-state index is -2.72. The van der Waals surface area contributed by atoms with E-state index in [4.69, 9.17) is 18.9 Å². The smallest absolute Gasteiger partial charge is 0.337 e. The van der Waals surface area contributed by atoms with Crippen molar-refractivity contribution in [1.29, 1.82) is 0 Å². The average molecular weight is 576 g/mol. The number of anilines is 1. The van der Waals surface area contributed by atoms with Gasteiger partial charge in [0.25, 0.3) is 0 Å². The Hall–Kier alpha value is -5.16. The van der Waals surface area contributed by atoms with E-state index in [9.17, 15) is 29.4 Å². The molecule has 11 heteroatoms. The number of nitrogens with zero attached hydrogens (tertiary/aromatic N) is 1. The first kappa shape index (κ1) is 29.8. The lowest BCUT2D eigenvalue weighted by Crippen LogP contribution is -2.52. The summed E-state index contributed by atoms with van der Waals surface area (Å²) < 4.78 is 20.7. The van der Waals surface area contributed by atoms with Crippen LogP contribution < -0.4 is 19.1 Å². The van der Waals surface area contributed by atoms with Crippen molar-refractivity contribution in [2.75, 3.05) is 32.8 Å². The maximum absolute atomic E-state index is 14.2. The van der Waals surface area contributed by atoms with Crippen LogP contribution in [0.4, 0.5) is 5.69 Å². The predicted molar refractivity (Wildman–Crippen MR) is 151 cm³/mol. The minimum Gasteiger partial charge on any atom is -0.497 e. The third kappa shape index (κ3) is 5.41. The molecular formula is C31H29NO10. The number of ether oxygens (including phenoxy) is 4. The van der Waals surface area contributed by atoms with Gasteiger partial charge in [-0.05, 0) is 79.2 Å². The summed E-state index contributed by atoms with van der Waals surface area (Å²) in [7, 11) is 4.28. The Morgan fingerprint density at radius 2 is 1.38 bits per heavy atom. The van der Waals surface area contributed by atoms with Gasteiger partial charge in [0.05, 0.1) is 50.5 Å². The van der Waals surface area contributed by atoms with E-state index in [2.05, 4.69) is 0 Å². The maximum Gasteiger partial charge on any atom is 0.337 e. The number of aromatic carboxylic acids is 1. The van der Waals surface area contributed by atoms with Crippen molar-refractivity contribution in [1.82, 2.24) is 0 Å². The molecule has 0 aliphatic carbocycles. The monoisotopic (exact) mass is 575 g/mol. The molecule has 3 aromatic carbocycles. The van der Waals surface area contributed by atoms with Crippen LogP contribution in [0.5, 0.6) is 17.2 Å². The number of hydrogen-bond donors (Lipinski definition) is 2. The second kappa shape index (κ2) is 12.1. The molecule has 0 saturated carbocycles. The summed E-state index contributed by atoms with van der Waals surface area (Å²) in [6.07, 6.45) is -0.899. The van der Waals surface area contributed by atoms with Crippen LogP contribution in [0, 0.1) is 0 Å². The Kier molecular flexibility index (Phi) is 8.62. The number of carbonyl (C=O) groups is 4. The Labute approximate surface area is 241 Å². The second-order valence-electron chi connectivity index (χ2n) is 9.16. The fourth-order valence-corrected chi connectivity index (χ4v) is 4.73. The molecule has 0 fully saturated rings. The first-order valence-electron chi connectivity index (χ1n) is 12.8. The highest BCUT2D eigenvalue weighted by Crippen LogP contribution is 2.46. The van der Waals surface area contributed by atoms with Gasteiger partial charge in [-0.25, -0.2) is 4.79 Å². The van der Waals surface area contributed by atoms with Gasteiger partial charge in [0.1, 0.15) is 23.7 Å². The highest BCUT2D eigenvalue weighted by molar-refractivity contribution is 6.37. The molecule has 1 unspecified atom stereocenters. The van der Waals surface area contributed by atoms with E-state index in [-0.39, 0.29) is 40.4 Å². The fourth-order valence-electron chi connectivity index (χ4n) is 4.73. The first-order chi connectivity index (χ1) is 20.1. The molecule has 0 radical (unpaired) electrons. The Balaban J connectivity index is 2.07. The topological polar surface area (TPSA) is 149 Å². The molecule has 1 aliphatic rings. The van der Waals surface area contributed by atoms with Crippen LogP contribution in [0.15, 0.2) is 72.3 Å². The summed E-state index contributed by atoms with van der Waals surface area (Å²) in [5, 5.41) is 22.2. The van der Waals surface area contributed by atoms with Gasteiger partial charge in [-0.3, -0.25) is 14.4 Å². The van der Waals surface area contributed by atoms with Gasteiger partial charge in [-0.2, -0.15) is 0 Å². The number of carboxylic acids is 1. The molecule has 11 nitrogen and oxygen atoms in total. The van der Waals surface area contributed by atoms with E-state index in [0.717, 1.165) is 4.90 Å². The molecule has 1 heterocycles. The molecular weight excluding hydrogens is 546 g/mol. The van der Waals surface area contributed by atoms with Crippen molar-refractivity contribution in [3.8, 4) is 17.2 Å². The third-order valence-electron chi connectivity index (χ3n) is 6.73. The van der Waals surface area contributed by atoms with E-state index in [1.807, 2.05) is 0 Å². The van der Waals surface area contributed by atoms with Crippen molar-refractivity contribution in [2.24, 2.45) is 0 Å². The molecule has 0 saturated heterocycles. The zero-order chi connectivity index (χ0) is 30.6. The molecule has 2 N–H and O–H groups in total. The molecule has 0 amide bonds. The molecule has 0 spiro atoms. The largest absolute Gasteiger partial charge is 0.497 e. The van der Waals surface area contributed by atoms with Crippen LogP contribution in [-0.4, -0.2) is 67.4 Å². The predicted octanol–water partition coefficient (Wildman–Crippen LogP) is 3.74.